The van der Waals surface area contributed by atoms with Gasteiger partial charge in [0.1, 0.15) is 5.54 Å². The maximum Gasteiger partial charge on any atom is 0.237 e. The molecule has 1 aliphatic heterocycles. The van der Waals surface area contributed by atoms with Gasteiger partial charge in [0, 0.05) is 24.1 Å². The second kappa shape index (κ2) is 5.69. The highest BCUT2D eigenvalue weighted by Crippen LogP contribution is 2.46. The molecular formula is C18H22BrN5O. The summed E-state index contributed by atoms with van der Waals surface area (Å²) in [6.07, 6.45) is 0. The van der Waals surface area contributed by atoms with Gasteiger partial charge in [-0.15, -0.1) is 0 Å². The van der Waals surface area contributed by atoms with Crippen molar-refractivity contribution in [3.8, 4) is 11.3 Å². The van der Waals surface area contributed by atoms with Gasteiger partial charge in [-0.25, -0.2) is 4.99 Å². The van der Waals surface area contributed by atoms with E-state index in [1.807, 2.05) is 58.2 Å². The molecule has 1 aromatic heterocycles. The monoisotopic (exact) mass is 403 g/mol. The number of benzene rings is 1. The van der Waals surface area contributed by atoms with E-state index in [1.54, 1.807) is 11.7 Å². The molecule has 3 rings (SSSR count). The Bertz CT molecular complexity index is 885. The largest absolute Gasteiger partial charge is 0.369 e. The number of carbonyl (C=O) groups is 1. The second-order valence-electron chi connectivity index (χ2n) is 7.08. The van der Waals surface area contributed by atoms with Crippen molar-refractivity contribution >= 4 is 27.8 Å². The molecule has 0 bridgehead atoms. The molecule has 0 spiro atoms. The molecule has 6 nitrogen and oxygen atoms in total. The number of rotatable bonds is 2. The van der Waals surface area contributed by atoms with Crippen LogP contribution in [-0.4, -0.2) is 33.6 Å². The number of hydrogen-bond donors (Lipinski definition) is 1. The van der Waals surface area contributed by atoms with Crippen molar-refractivity contribution in [1.82, 2.24) is 14.7 Å². The summed E-state index contributed by atoms with van der Waals surface area (Å²) in [4.78, 5) is 18.9. The molecule has 7 heteroatoms. The SMILES string of the molecule is CN1C(=O)C(C)(C)C(C)(c2cc(-c3cccc(Br)c3)nn2C)N=C1N. The average molecular weight is 404 g/mol. The summed E-state index contributed by atoms with van der Waals surface area (Å²) >= 11 is 3.49. The van der Waals surface area contributed by atoms with Crippen LogP contribution in [0, 0.1) is 5.41 Å². The lowest BCUT2D eigenvalue weighted by Crippen LogP contribution is -2.58. The Morgan fingerprint density at radius 1 is 1.16 bits per heavy atom. The summed E-state index contributed by atoms with van der Waals surface area (Å²) < 4.78 is 2.77. The highest BCUT2D eigenvalue weighted by Gasteiger charge is 2.54. The van der Waals surface area contributed by atoms with Gasteiger partial charge in [-0.3, -0.25) is 14.4 Å². The van der Waals surface area contributed by atoms with Gasteiger partial charge in [0.05, 0.1) is 16.8 Å². The Kier molecular flexibility index (Phi) is 4.02. The molecule has 2 N–H and O–H groups in total. The third-order valence-electron chi connectivity index (χ3n) is 5.24. The van der Waals surface area contributed by atoms with Gasteiger partial charge in [-0.2, -0.15) is 5.10 Å². The van der Waals surface area contributed by atoms with Crippen molar-refractivity contribution in [3.63, 3.8) is 0 Å². The second-order valence-corrected chi connectivity index (χ2v) is 8.00. The van der Waals surface area contributed by atoms with Crippen molar-refractivity contribution in [1.29, 1.82) is 0 Å². The summed E-state index contributed by atoms with van der Waals surface area (Å²) in [6.45, 7) is 5.73. The molecule has 2 aromatic rings. The fraction of sp³-hybridized carbons (Fsp3) is 0.389. The van der Waals surface area contributed by atoms with Crippen molar-refractivity contribution in [2.75, 3.05) is 7.05 Å². The number of carbonyl (C=O) groups excluding carboxylic acids is 1. The van der Waals surface area contributed by atoms with Gasteiger partial charge in [-0.05, 0) is 39.0 Å². The van der Waals surface area contributed by atoms with Crippen LogP contribution >= 0.6 is 15.9 Å². The van der Waals surface area contributed by atoms with E-state index < -0.39 is 11.0 Å². The van der Waals surface area contributed by atoms with Crippen molar-refractivity contribution < 1.29 is 4.79 Å². The van der Waals surface area contributed by atoms with E-state index >= 15 is 0 Å². The number of aliphatic imine (C=N–C) groups is 1. The van der Waals surface area contributed by atoms with Crippen LogP contribution in [0.15, 0.2) is 39.8 Å². The summed E-state index contributed by atoms with van der Waals surface area (Å²) in [7, 11) is 3.52. The van der Waals surface area contributed by atoms with Gasteiger partial charge in [0.15, 0.2) is 5.96 Å². The number of nitrogens with two attached hydrogens (primary N) is 1. The molecule has 1 aromatic carbocycles. The van der Waals surface area contributed by atoms with E-state index in [1.165, 1.54) is 4.90 Å². The number of amides is 1. The van der Waals surface area contributed by atoms with Gasteiger partial charge in [0.2, 0.25) is 5.91 Å². The molecule has 0 aliphatic carbocycles. The molecule has 0 fully saturated rings. The van der Waals surface area contributed by atoms with Gasteiger partial charge < -0.3 is 5.73 Å². The highest BCUT2D eigenvalue weighted by atomic mass is 79.9. The first kappa shape index (κ1) is 17.7. The minimum absolute atomic E-state index is 0.0623. The Morgan fingerprint density at radius 3 is 2.48 bits per heavy atom. The number of nitrogens with zero attached hydrogens (tertiary/aromatic N) is 4. The molecule has 1 unspecified atom stereocenters. The van der Waals surface area contributed by atoms with Crippen LogP contribution < -0.4 is 5.73 Å². The molecule has 2 heterocycles. The topological polar surface area (TPSA) is 76.5 Å². The van der Waals surface area contributed by atoms with Gasteiger partial charge in [0.25, 0.3) is 0 Å². The van der Waals surface area contributed by atoms with Crippen LogP contribution in [0.3, 0.4) is 0 Å². The van der Waals surface area contributed by atoms with Crippen molar-refractivity contribution in [2.45, 2.75) is 26.3 Å². The Morgan fingerprint density at radius 2 is 1.84 bits per heavy atom. The van der Waals surface area contributed by atoms with Crippen LogP contribution in [-0.2, 0) is 17.4 Å². The molecular weight excluding hydrogens is 382 g/mol. The van der Waals surface area contributed by atoms with E-state index in [2.05, 4.69) is 26.0 Å². The summed E-state index contributed by atoms with van der Waals surface area (Å²) in [5, 5.41) is 4.64. The van der Waals surface area contributed by atoms with Gasteiger partial charge >= 0.3 is 0 Å². The average Bonchev–Trinajstić information content (AvgIpc) is 2.94. The van der Waals surface area contributed by atoms with E-state index in [0.717, 1.165) is 21.4 Å². The lowest BCUT2D eigenvalue weighted by molar-refractivity contribution is -0.140. The quantitative estimate of drug-likeness (QED) is 0.836. The van der Waals surface area contributed by atoms with Gasteiger partial charge in [-0.1, -0.05) is 28.1 Å². The van der Waals surface area contributed by atoms with Crippen LogP contribution in [0.2, 0.25) is 0 Å². The van der Waals surface area contributed by atoms with Crippen molar-refractivity contribution in [2.24, 2.45) is 23.2 Å². The number of aromatic nitrogens is 2. The fourth-order valence-corrected chi connectivity index (χ4v) is 3.66. The summed E-state index contributed by atoms with van der Waals surface area (Å²) in [5.74, 6) is 0.157. The standard InChI is InChI=1S/C18H22BrN5O/c1-17(2)15(25)23(4)16(20)21-18(17,3)14-10-13(22-24(14)5)11-7-6-8-12(19)9-11/h6-10H,1-5H3,(H2,20,21). The normalized spacial score (nSPS) is 22.9. The van der Waals surface area contributed by atoms with Crippen molar-refractivity contribution in [3.05, 3.63) is 40.5 Å². The lowest BCUT2D eigenvalue weighted by Gasteiger charge is -2.45. The predicted octanol–water partition coefficient (Wildman–Crippen LogP) is 2.88. The molecule has 0 saturated heterocycles. The zero-order valence-corrected chi connectivity index (χ0v) is 16.6. The minimum atomic E-state index is -0.813. The lowest BCUT2D eigenvalue weighted by atomic mass is 9.69. The van der Waals surface area contributed by atoms with Crippen LogP contribution in [0.25, 0.3) is 11.3 Å². The molecule has 132 valence electrons. The Balaban J connectivity index is 2.17. The van der Waals surface area contributed by atoms with E-state index in [0.29, 0.717) is 0 Å². The minimum Gasteiger partial charge on any atom is -0.369 e. The van der Waals surface area contributed by atoms with E-state index in [9.17, 15) is 4.79 Å². The number of aryl methyl sites for hydroxylation is 1. The molecule has 0 saturated carbocycles. The van der Waals surface area contributed by atoms with Crippen LogP contribution in [0.5, 0.6) is 0 Å². The van der Waals surface area contributed by atoms with Crippen LogP contribution in [0.4, 0.5) is 0 Å². The molecule has 25 heavy (non-hydrogen) atoms. The molecule has 1 atom stereocenters. The van der Waals surface area contributed by atoms with E-state index in [-0.39, 0.29) is 11.9 Å². The maximum absolute atomic E-state index is 12.8. The first-order chi connectivity index (χ1) is 11.6. The molecule has 1 aliphatic rings. The summed E-state index contributed by atoms with van der Waals surface area (Å²) in [5.41, 5.74) is 7.11. The van der Waals surface area contributed by atoms with E-state index in [4.69, 9.17) is 5.73 Å². The zero-order valence-electron chi connectivity index (χ0n) is 15.0. The Labute approximate surface area is 155 Å². The Hall–Kier alpha value is -2.15. The smallest absolute Gasteiger partial charge is 0.237 e. The molecule has 1 amide bonds. The highest BCUT2D eigenvalue weighted by molar-refractivity contribution is 9.10. The first-order valence-corrected chi connectivity index (χ1v) is 8.81. The zero-order chi connectivity index (χ0) is 18.6. The third-order valence-corrected chi connectivity index (χ3v) is 5.73. The number of halogens is 1. The number of hydrogen-bond acceptors (Lipinski definition) is 4. The fourth-order valence-electron chi connectivity index (χ4n) is 3.26. The maximum atomic E-state index is 12.8. The number of guanidine groups is 1. The predicted molar refractivity (Wildman–Crippen MR) is 102 cm³/mol. The van der Waals surface area contributed by atoms with Crippen LogP contribution in [0.1, 0.15) is 26.5 Å². The molecule has 0 radical (unpaired) electrons. The third kappa shape index (κ3) is 2.57. The summed E-state index contributed by atoms with van der Waals surface area (Å²) in [6, 6.07) is 9.94. The first-order valence-electron chi connectivity index (χ1n) is 8.02.